The number of nitrogens with zero attached hydrogens (tertiary/aromatic N) is 2. The van der Waals surface area contributed by atoms with Crippen molar-refractivity contribution in [1.29, 1.82) is 5.26 Å². The highest BCUT2D eigenvalue weighted by Crippen LogP contribution is 2.34. The zero-order chi connectivity index (χ0) is 19.2. The van der Waals surface area contributed by atoms with Crippen LogP contribution in [0.3, 0.4) is 0 Å². The van der Waals surface area contributed by atoms with E-state index in [-0.39, 0.29) is 11.3 Å². The molecule has 1 N–H and O–H groups in total. The lowest BCUT2D eigenvalue weighted by Gasteiger charge is -2.19. The minimum atomic E-state index is -0.0451. The Kier molecular flexibility index (Phi) is 4.04. The van der Waals surface area contributed by atoms with Gasteiger partial charge in [0, 0.05) is 24.0 Å². The van der Waals surface area contributed by atoms with Gasteiger partial charge >= 0.3 is 0 Å². The van der Waals surface area contributed by atoms with E-state index in [1.165, 1.54) is 5.56 Å². The van der Waals surface area contributed by atoms with Crippen molar-refractivity contribution < 1.29 is 4.79 Å². The number of aryl methyl sites for hydroxylation is 1. The second-order valence-electron chi connectivity index (χ2n) is 8.19. The van der Waals surface area contributed by atoms with Crippen molar-refractivity contribution >= 4 is 16.8 Å². The largest absolute Gasteiger partial charge is 0.351 e. The summed E-state index contributed by atoms with van der Waals surface area (Å²) in [5.41, 5.74) is 5.74. The van der Waals surface area contributed by atoms with Gasteiger partial charge in [0.1, 0.15) is 5.69 Å². The average Bonchev–Trinajstić information content (AvgIpc) is 2.92. The lowest BCUT2D eigenvalue weighted by Crippen LogP contribution is -2.22. The Balaban J connectivity index is 1.96. The monoisotopic (exact) mass is 357 g/mol. The normalized spacial score (nSPS) is 14.4. The van der Waals surface area contributed by atoms with Gasteiger partial charge in [-0.3, -0.25) is 4.79 Å². The molecule has 4 heteroatoms. The fraction of sp³-hybridized carbons (Fsp3) is 0.304. The third kappa shape index (κ3) is 3.00. The summed E-state index contributed by atoms with van der Waals surface area (Å²) in [7, 11) is 0. The molecular weight excluding hydrogens is 334 g/mol. The first-order valence-corrected chi connectivity index (χ1v) is 9.35. The number of fused-ring (bicyclic) bond motifs is 3. The van der Waals surface area contributed by atoms with Crippen LogP contribution in [0, 0.1) is 11.3 Å². The van der Waals surface area contributed by atoms with Crippen molar-refractivity contribution in [1.82, 2.24) is 9.88 Å². The molecule has 4 rings (SSSR count). The second kappa shape index (κ2) is 6.28. The van der Waals surface area contributed by atoms with Crippen LogP contribution in [0.1, 0.15) is 48.8 Å². The zero-order valence-corrected chi connectivity index (χ0v) is 16.0. The maximum absolute atomic E-state index is 12.4. The molecule has 3 aromatic rings. The quantitative estimate of drug-likeness (QED) is 0.691. The number of carbonyl (C=O) groups excluding carboxylic acids is 1. The Morgan fingerprint density at radius 3 is 2.52 bits per heavy atom. The van der Waals surface area contributed by atoms with E-state index in [1.54, 1.807) is 0 Å². The van der Waals surface area contributed by atoms with Crippen molar-refractivity contribution in [2.75, 3.05) is 6.54 Å². The Bertz CT molecular complexity index is 1080. The van der Waals surface area contributed by atoms with Crippen molar-refractivity contribution in [2.24, 2.45) is 0 Å². The van der Waals surface area contributed by atoms with E-state index in [4.69, 9.17) is 0 Å². The number of hydrogen-bond donors (Lipinski definition) is 1. The first kappa shape index (κ1) is 17.4. The second-order valence-corrected chi connectivity index (χ2v) is 8.19. The molecular formula is C23H23N3O. The van der Waals surface area contributed by atoms with Crippen LogP contribution >= 0.6 is 0 Å². The van der Waals surface area contributed by atoms with Crippen molar-refractivity contribution in [3.8, 4) is 17.2 Å². The van der Waals surface area contributed by atoms with Crippen molar-refractivity contribution in [3.63, 3.8) is 0 Å². The van der Waals surface area contributed by atoms with Gasteiger partial charge in [0.15, 0.2) is 0 Å². The number of rotatable bonds is 1. The van der Waals surface area contributed by atoms with Gasteiger partial charge in [0.2, 0.25) is 0 Å². The molecule has 27 heavy (non-hydrogen) atoms. The van der Waals surface area contributed by atoms with Crippen molar-refractivity contribution in [3.05, 3.63) is 59.3 Å². The third-order valence-corrected chi connectivity index (χ3v) is 5.26. The molecule has 0 saturated heterocycles. The van der Waals surface area contributed by atoms with Crippen LogP contribution in [0.2, 0.25) is 0 Å². The lowest BCUT2D eigenvalue weighted by molar-refractivity contribution is 0.0951. The highest BCUT2D eigenvalue weighted by atomic mass is 16.1. The minimum absolute atomic E-state index is 0.0451. The maximum atomic E-state index is 12.4. The molecule has 0 radical (unpaired) electrons. The van der Waals surface area contributed by atoms with Crippen LogP contribution in [-0.4, -0.2) is 17.0 Å². The van der Waals surface area contributed by atoms with E-state index in [1.807, 2.05) is 18.2 Å². The van der Waals surface area contributed by atoms with E-state index in [0.29, 0.717) is 17.8 Å². The van der Waals surface area contributed by atoms with Gasteiger partial charge in [0.25, 0.3) is 5.91 Å². The Morgan fingerprint density at radius 1 is 1.11 bits per heavy atom. The summed E-state index contributed by atoms with van der Waals surface area (Å²) in [6.07, 6.45) is 0.894. The number of nitrogens with one attached hydrogen (secondary N) is 1. The molecule has 0 bridgehead atoms. The zero-order valence-electron chi connectivity index (χ0n) is 16.0. The lowest BCUT2D eigenvalue weighted by atomic mass is 9.86. The molecule has 2 heterocycles. The van der Waals surface area contributed by atoms with E-state index in [2.05, 4.69) is 61.0 Å². The number of hydrogen-bond acceptors (Lipinski definition) is 2. The molecule has 0 spiro atoms. The topological polar surface area (TPSA) is 57.8 Å². The molecule has 1 amide bonds. The van der Waals surface area contributed by atoms with Gasteiger partial charge in [-0.1, -0.05) is 45.0 Å². The van der Waals surface area contributed by atoms with E-state index in [0.717, 1.165) is 35.0 Å². The molecule has 136 valence electrons. The summed E-state index contributed by atoms with van der Waals surface area (Å²) in [6, 6.07) is 16.5. The SMILES string of the molecule is CC(C)(C)c1ccc(-c2cc(C#N)cc3cc4n(c23)CCCNC4=O)cc1. The summed E-state index contributed by atoms with van der Waals surface area (Å²) < 4.78 is 2.10. The van der Waals surface area contributed by atoms with Gasteiger partial charge in [0.05, 0.1) is 17.1 Å². The Hall–Kier alpha value is -3.06. The smallest absolute Gasteiger partial charge is 0.267 e. The molecule has 4 nitrogen and oxygen atoms in total. The minimum Gasteiger partial charge on any atom is -0.351 e. The number of nitriles is 1. The standard InChI is InChI=1S/C23H23N3O/c1-23(2,3)18-7-5-16(6-8-18)19-12-15(14-24)11-17-13-20-22(27)25-9-4-10-26(20)21(17)19/h5-8,11-13H,4,9-10H2,1-3H3,(H,25,27). The fourth-order valence-electron chi connectivity index (χ4n) is 3.80. The predicted octanol–water partition coefficient (Wildman–Crippen LogP) is 4.61. The number of aromatic nitrogens is 1. The number of carbonyl (C=O) groups is 1. The Labute approximate surface area is 159 Å². The summed E-state index contributed by atoms with van der Waals surface area (Å²) >= 11 is 0. The summed E-state index contributed by atoms with van der Waals surface area (Å²) in [5, 5.41) is 13.4. The molecule has 1 aliphatic heterocycles. The molecule has 0 aliphatic carbocycles. The number of benzene rings is 2. The fourth-order valence-corrected chi connectivity index (χ4v) is 3.80. The van der Waals surface area contributed by atoms with Crippen LogP contribution < -0.4 is 5.32 Å². The van der Waals surface area contributed by atoms with Crippen LogP contribution in [0.4, 0.5) is 0 Å². The third-order valence-electron chi connectivity index (χ3n) is 5.26. The van der Waals surface area contributed by atoms with Crippen molar-refractivity contribution in [2.45, 2.75) is 39.2 Å². The first-order valence-electron chi connectivity index (χ1n) is 9.35. The number of amides is 1. The van der Waals surface area contributed by atoms with Crippen LogP contribution in [0.5, 0.6) is 0 Å². The van der Waals surface area contributed by atoms with Crippen LogP contribution in [-0.2, 0) is 12.0 Å². The molecule has 1 aromatic heterocycles. The summed E-state index contributed by atoms with van der Waals surface area (Å²) in [5.74, 6) is -0.0451. The van der Waals surface area contributed by atoms with E-state index in [9.17, 15) is 10.1 Å². The van der Waals surface area contributed by atoms with Gasteiger partial charge < -0.3 is 9.88 Å². The summed E-state index contributed by atoms with van der Waals surface area (Å²) in [6.45, 7) is 8.07. The molecule has 0 atom stereocenters. The predicted molar refractivity (Wildman–Crippen MR) is 108 cm³/mol. The highest BCUT2D eigenvalue weighted by Gasteiger charge is 2.21. The molecule has 0 unspecified atom stereocenters. The molecule has 0 saturated carbocycles. The highest BCUT2D eigenvalue weighted by molar-refractivity contribution is 6.03. The maximum Gasteiger partial charge on any atom is 0.267 e. The van der Waals surface area contributed by atoms with Crippen LogP contribution in [0.15, 0.2) is 42.5 Å². The van der Waals surface area contributed by atoms with Gasteiger partial charge in [-0.05, 0) is 41.2 Å². The average molecular weight is 357 g/mol. The van der Waals surface area contributed by atoms with E-state index < -0.39 is 0 Å². The first-order chi connectivity index (χ1) is 12.9. The van der Waals surface area contributed by atoms with Gasteiger partial charge in [-0.25, -0.2) is 0 Å². The van der Waals surface area contributed by atoms with Crippen LogP contribution in [0.25, 0.3) is 22.0 Å². The molecule has 0 fully saturated rings. The summed E-state index contributed by atoms with van der Waals surface area (Å²) in [4.78, 5) is 12.4. The van der Waals surface area contributed by atoms with E-state index >= 15 is 0 Å². The van der Waals surface area contributed by atoms with Gasteiger partial charge in [-0.2, -0.15) is 5.26 Å². The Morgan fingerprint density at radius 2 is 1.85 bits per heavy atom. The molecule has 1 aliphatic rings. The molecule has 2 aromatic carbocycles. The van der Waals surface area contributed by atoms with Gasteiger partial charge in [-0.15, -0.1) is 0 Å².